The van der Waals surface area contributed by atoms with Gasteiger partial charge in [-0.25, -0.2) is 0 Å². The van der Waals surface area contributed by atoms with Gasteiger partial charge in [-0.2, -0.15) is 0 Å². The summed E-state index contributed by atoms with van der Waals surface area (Å²) >= 11 is 0. The molecule has 1 aromatic carbocycles. The quantitative estimate of drug-likeness (QED) is 0.916. The van der Waals surface area contributed by atoms with E-state index in [0.717, 1.165) is 37.1 Å². The van der Waals surface area contributed by atoms with E-state index in [-0.39, 0.29) is 5.91 Å². The number of hydrogen-bond donors (Lipinski definition) is 1. The summed E-state index contributed by atoms with van der Waals surface area (Å²) in [6.07, 6.45) is 3.18. The fraction of sp³-hybridized carbons (Fsp3) is 0.562. The number of nitrogens with one attached hydrogen (secondary N) is 1. The number of hydrogen-bond acceptors (Lipinski definition) is 3. The number of carbonyl (C=O) groups excluding carboxylic acids is 1. The van der Waals surface area contributed by atoms with Crippen LogP contribution in [0.25, 0.3) is 0 Å². The Morgan fingerprint density at radius 1 is 1.45 bits per heavy atom. The Morgan fingerprint density at radius 3 is 2.90 bits per heavy atom. The number of methoxy groups -OCH3 is 1. The van der Waals surface area contributed by atoms with Gasteiger partial charge in [-0.05, 0) is 50.4 Å². The number of rotatable bonds is 4. The maximum Gasteiger partial charge on any atom is 0.242 e. The Kier molecular flexibility index (Phi) is 4.65. The van der Waals surface area contributed by atoms with Crippen LogP contribution in [0.1, 0.15) is 31.7 Å². The molecule has 110 valence electrons. The predicted molar refractivity (Wildman–Crippen MR) is 79.7 cm³/mol. The first-order valence-corrected chi connectivity index (χ1v) is 7.19. The van der Waals surface area contributed by atoms with Crippen molar-refractivity contribution in [3.05, 3.63) is 29.8 Å². The van der Waals surface area contributed by atoms with Crippen molar-refractivity contribution in [1.82, 2.24) is 10.2 Å². The van der Waals surface area contributed by atoms with Gasteiger partial charge in [0.2, 0.25) is 5.91 Å². The van der Waals surface area contributed by atoms with Crippen LogP contribution in [0.3, 0.4) is 0 Å². The molecule has 1 aliphatic heterocycles. The van der Waals surface area contributed by atoms with Gasteiger partial charge in [0.05, 0.1) is 12.6 Å². The van der Waals surface area contributed by atoms with E-state index in [4.69, 9.17) is 4.74 Å². The highest BCUT2D eigenvalue weighted by Gasteiger charge is 2.36. The minimum atomic E-state index is -0.411. The smallest absolute Gasteiger partial charge is 0.242 e. The lowest BCUT2D eigenvalue weighted by molar-refractivity contribution is -0.137. The highest BCUT2D eigenvalue weighted by molar-refractivity contribution is 5.85. The topological polar surface area (TPSA) is 41.6 Å². The average Bonchev–Trinajstić information content (AvgIpc) is 2.47. The van der Waals surface area contributed by atoms with Gasteiger partial charge in [0.25, 0.3) is 0 Å². The van der Waals surface area contributed by atoms with E-state index in [1.54, 1.807) is 12.0 Å². The van der Waals surface area contributed by atoms with Crippen LogP contribution in [-0.2, 0) is 11.3 Å². The number of ether oxygens (including phenoxy) is 1. The lowest BCUT2D eigenvalue weighted by Gasteiger charge is -2.36. The van der Waals surface area contributed by atoms with Crippen LogP contribution in [0.5, 0.6) is 5.75 Å². The number of amides is 1. The molecule has 1 N–H and O–H groups in total. The van der Waals surface area contributed by atoms with E-state index in [1.807, 2.05) is 38.2 Å². The molecule has 1 heterocycles. The molecule has 20 heavy (non-hydrogen) atoms. The molecular formula is C16H24N2O2. The standard InChI is InChI=1S/C16H24N2O2/c1-16(9-4-5-10-17-16)15(19)18(2)12-13-7-6-8-14(11-13)20-3/h6-8,11,17H,4-5,9-10,12H2,1-3H3. The second kappa shape index (κ2) is 6.27. The van der Waals surface area contributed by atoms with Crippen LogP contribution >= 0.6 is 0 Å². The molecule has 1 saturated heterocycles. The van der Waals surface area contributed by atoms with E-state index in [1.165, 1.54) is 0 Å². The maximum absolute atomic E-state index is 12.6. The summed E-state index contributed by atoms with van der Waals surface area (Å²) in [7, 11) is 3.52. The highest BCUT2D eigenvalue weighted by atomic mass is 16.5. The number of piperidine rings is 1. The zero-order valence-electron chi connectivity index (χ0n) is 12.6. The Bertz CT molecular complexity index is 467. The zero-order valence-corrected chi connectivity index (χ0v) is 12.6. The molecule has 4 heteroatoms. The van der Waals surface area contributed by atoms with Gasteiger partial charge in [0, 0.05) is 13.6 Å². The third-order valence-electron chi connectivity index (χ3n) is 3.99. The van der Waals surface area contributed by atoms with Crippen molar-refractivity contribution >= 4 is 5.91 Å². The number of carbonyl (C=O) groups is 1. The third kappa shape index (κ3) is 3.31. The van der Waals surface area contributed by atoms with Gasteiger partial charge in [-0.3, -0.25) is 4.79 Å². The van der Waals surface area contributed by atoms with E-state index in [0.29, 0.717) is 6.54 Å². The van der Waals surface area contributed by atoms with Crippen LogP contribution in [0.4, 0.5) is 0 Å². The molecule has 0 bridgehead atoms. The second-order valence-corrected chi connectivity index (χ2v) is 5.73. The Labute approximate surface area is 121 Å². The molecule has 1 atom stereocenters. The van der Waals surface area contributed by atoms with Gasteiger partial charge in [-0.15, -0.1) is 0 Å². The van der Waals surface area contributed by atoms with E-state index >= 15 is 0 Å². The van der Waals surface area contributed by atoms with Crippen molar-refractivity contribution in [2.75, 3.05) is 20.7 Å². The molecule has 0 saturated carbocycles. The van der Waals surface area contributed by atoms with Crippen molar-refractivity contribution in [2.24, 2.45) is 0 Å². The highest BCUT2D eigenvalue weighted by Crippen LogP contribution is 2.22. The Morgan fingerprint density at radius 2 is 2.25 bits per heavy atom. The van der Waals surface area contributed by atoms with Crippen molar-refractivity contribution in [2.45, 2.75) is 38.3 Å². The average molecular weight is 276 g/mol. The lowest BCUT2D eigenvalue weighted by Crippen LogP contribution is -2.57. The van der Waals surface area contributed by atoms with E-state index in [2.05, 4.69) is 5.32 Å². The first kappa shape index (κ1) is 14.9. The molecule has 1 aliphatic rings. The van der Waals surface area contributed by atoms with Crippen LogP contribution in [0.2, 0.25) is 0 Å². The lowest BCUT2D eigenvalue weighted by atomic mass is 9.89. The summed E-state index contributed by atoms with van der Waals surface area (Å²) < 4.78 is 5.22. The van der Waals surface area contributed by atoms with Crippen molar-refractivity contribution < 1.29 is 9.53 Å². The third-order valence-corrected chi connectivity index (χ3v) is 3.99. The van der Waals surface area contributed by atoms with E-state index in [9.17, 15) is 4.79 Å². The second-order valence-electron chi connectivity index (χ2n) is 5.73. The SMILES string of the molecule is COc1cccc(CN(C)C(=O)C2(C)CCCCN2)c1. The molecule has 0 aromatic heterocycles. The number of nitrogens with zero attached hydrogens (tertiary/aromatic N) is 1. The predicted octanol–water partition coefficient (Wildman–Crippen LogP) is 2.19. The van der Waals surface area contributed by atoms with Gasteiger partial charge >= 0.3 is 0 Å². The molecule has 1 unspecified atom stereocenters. The Hall–Kier alpha value is -1.55. The molecule has 2 rings (SSSR count). The van der Waals surface area contributed by atoms with E-state index < -0.39 is 5.54 Å². The summed E-state index contributed by atoms with van der Waals surface area (Å²) in [6.45, 7) is 3.54. The molecule has 0 aliphatic carbocycles. The van der Waals surface area contributed by atoms with Crippen LogP contribution < -0.4 is 10.1 Å². The number of benzene rings is 1. The van der Waals surface area contributed by atoms with Gasteiger partial charge < -0.3 is 15.0 Å². The molecule has 0 radical (unpaired) electrons. The Balaban J connectivity index is 2.03. The normalized spacial score (nSPS) is 22.4. The maximum atomic E-state index is 12.6. The fourth-order valence-electron chi connectivity index (χ4n) is 2.78. The van der Waals surface area contributed by atoms with Crippen molar-refractivity contribution in [3.8, 4) is 5.75 Å². The molecule has 1 fully saturated rings. The first-order valence-electron chi connectivity index (χ1n) is 7.19. The largest absolute Gasteiger partial charge is 0.497 e. The fourth-order valence-corrected chi connectivity index (χ4v) is 2.78. The summed E-state index contributed by atoms with van der Waals surface area (Å²) in [4.78, 5) is 14.4. The summed E-state index contributed by atoms with van der Waals surface area (Å²) in [5.74, 6) is 0.991. The molecule has 4 nitrogen and oxygen atoms in total. The minimum absolute atomic E-state index is 0.167. The summed E-state index contributed by atoms with van der Waals surface area (Å²) in [6, 6.07) is 7.85. The van der Waals surface area contributed by atoms with Crippen molar-refractivity contribution in [1.29, 1.82) is 0 Å². The van der Waals surface area contributed by atoms with Gasteiger partial charge in [0.1, 0.15) is 5.75 Å². The van der Waals surface area contributed by atoms with Crippen LogP contribution in [0, 0.1) is 0 Å². The number of likely N-dealkylation sites (N-methyl/N-ethyl adjacent to an activating group) is 1. The van der Waals surface area contributed by atoms with Crippen LogP contribution in [0.15, 0.2) is 24.3 Å². The van der Waals surface area contributed by atoms with Gasteiger partial charge in [0.15, 0.2) is 0 Å². The summed E-state index contributed by atoms with van der Waals surface area (Å²) in [5, 5.41) is 3.37. The molecule has 1 amide bonds. The minimum Gasteiger partial charge on any atom is -0.497 e. The van der Waals surface area contributed by atoms with Crippen molar-refractivity contribution in [3.63, 3.8) is 0 Å². The molecular weight excluding hydrogens is 252 g/mol. The first-order chi connectivity index (χ1) is 9.55. The monoisotopic (exact) mass is 276 g/mol. The summed E-state index contributed by atoms with van der Waals surface area (Å²) in [5.41, 5.74) is 0.672. The van der Waals surface area contributed by atoms with Crippen LogP contribution in [-0.4, -0.2) is 37.0 Å². The zero-order chi connectivity index (χ0) is 14.6. The molecule has 1 aromatic rings. The van der Waals surface area contributed by atoms with Gasteiger partial charge in [-0.1, -0.05) is 12.1 Å². The molecule has 0 spiro atoms.